The number of benzene rings is 2. The third-order valence-electron chi connectivity index (χ3n) is 5.12. The van der Waals surface area contributed by atoms with Crippen LogP contribution in [0, 0.1) is 27.7 Å². The molecule has 0 bridgehead atoms. The summed E-state index contributed by atoms with van der Waals surface area (Å²) in [5.74, 6) is -0.407. The van der Waals surface area contributed by atoms with Gasteiger partial charge in [0, 0.05) is 15.6 Å². The molecule has 4 rings (SSSR count). The number of halogens is 1. The van der Waals surface area contributed by atoms with Crippen molar-refractivity contribution in [2.45, 2.75) is 40.9 Å². The molecule has 0 radical (unpaired) electrons. The summed E-state index contributed by atoms with van der Waals surface area (Å²) < 4.78 is 11.0. The van der Waals surface area contributed by atoms with Crippen molar-refractivity contribution in [2.24, 2.45) is 0 Å². The van der Waals surface area contributed by atoms with E-state index in [-0.39, 0.29) is 11.9 Å². The van der Waals surface area contributed by atoms with Crippen LogP contribution in [0.15, 0.2) is 23.2 Å². The van der Waals surface area contributed by atoms with Gasteiger partial charge in [0.15, 0.2) is 0 Å². The molecule has 4 nitrogen and oxygen atoms in total. The Morgan fingerprint density at radius 1 is 0.889 bits per heavy atom. The van der Waals surface area contributed by atoms with E-state index in [1.165, 1.54) is 0 Å². The van der Waals surface area contributed by atoms with Crippen molar-refractivity contribution >= 4 is 33.9 Å². The molecule has 27 heavy (non-hydrogen) atoms. The van der Waals surface area contributed by atoms with Crippen LogP contribution in [0.3, 0.4) is 0 Å². The molecule has 0 saturated heterocycles. The minimum Gasteiger partial charge on any atom is -0.457 e. The maximum absolute atomic E-state index is 11.3. The zero-order valence-electron chi connectivity index (χ0n) is 15.9. The molecule has 2 aromatic rings. The number of cyclic esters (lactones) is 2. The number of fused-ring (bicyclic) bond motifs is 2. The Balaban J connectivity index is 0.000000156. The maximum Gasteiger partial charge on any atom is 0.338 e. The summed E-state index contributed by atoms with van der Waals surface area (Å²) in [6, 6.07) is 3.76. The van der Waals surface area contributed by atoms with Gasteiger partial charge in [-0.25, -0.2) is 9.59 Å². The highest BCUT2D eigenvalue weighted by atomic mass is 79.9. The van der Waals surface area contributed by atoms with Crippen molar-refractivity contribution in [1.29, 1.82) is 0 Å². The normalized spacial score (nSPS) is 14.0. The fourth-order valence-corrected chi connectivity index (χ4v) is 3.87. The van der Waals surface area contributed by atoms with Gasteiger partial charge in [-0.2, -0.15) is 0 Å². The largest absolute Gasteiger partial charge is 0.457 e. The molecule has 0 atom stereocenters. The average molecular weight is 429 g/mol. The van der Waals surface area contributed by atoms with Gasteiger partial charge >= 0.3 is 11.9 Å². The minimum absolute atomic E-state index is 0.200. The first-order chi connectivity index (χ1) is 12.8. The van der Waals surface area contributed by atoms with E-state index < -0.39 is 0 Å². The molecular formula is C22H21BrO4. The molecule has 5 heteroatoms. The van der Waals surface area contributed by atoms with Crippen molar-refractivity contribution in [3.8, 4) is 0 Å². The second-order valence-corrected chi connectivity index (χ2v) is 7.57. The minimum atomic E-state index is -0.207. The quantitative estimate of drug-likeness (QED) is 0.574. The zero-order chi connectivity index (χ0) is 19.9. The smallest absolute Gasteiger partial charge is 0.338 e. The lowest BCUT2D eigenvalue weighted by Crippen LogP contribution is -1.98. The van der Waals surface area contributed by atoms with Crippen molar-refractivity contribution in [2.75, 3.05) is 0 Å². The van der Waals surface area contributed by atoms with Crippen LogP contribution in [-0.2, 0) is 22.7 Å². The van der Waals surface area contributed by atoms with Crippen LogP contribution in [0.25, 0.3) is 6.08 Å². The topological polar surface area (TPSA) is 52.6 Å². The number of hydrogen-bond acceptors (Lipinski definition) is 4. The first kappa shape index (κ1) is 19.4. The third-order valence-corrected chi connectivity index (χ3v) is 6.34. The summed E-state index contributed by atoms with van der Waals surface area (Å²) in [4.78, 5) is 22.6. The summed E-state index contributed by atoms with van der Waals surface area (Å²) in [7, 11) is 0. The van der Waals surface area contributed by atoms with Gasteiger partial charge in [0.25, 0.3) is 0 Å². The number of hydrogen-bond donors (Lipinski definition) is 0. The van der Waals surface area contributed by atoms with Gasteiger partial charge in [-0.3, -0.25) is 0 Å². The molecule has 0 aromatic heterocycles. The van der Waals surface area contributed by atoms with Crippen LogP contribution in [0.4, 0.5) is 0 Å². The molecule has 2 aromatic carbocycles. The van der Waals surface area contributed by atoms with E-state index in [1.807, 2.05) is 45.9 Å². The Hall–Kier alpha value is -2.40. The second-order valence-electron chi connectivity index (χ2n) is 6.77. The third kappa shape index (κ3) is 3.32. The molecule has 0 aliphatic carbocycles. The molecule has 0 amide bonds. The molecule has 0 spiro atoms. The van der Waals surface area contributed by atoms with E-state index >= 15 is 0 Å². The number of aryl methyl sites for hydroxylation is 2. The molecule has 2 aliphatic rings. The van der Waals surface area contributed by atoms with E-state index in [1.54, 1.807) is 0 Å². The first-order valence-corrected chi connectivity index (χ1v) is 9.43. The lowest BCUT2D eigenvalue weighted by atomic mass is 9.94. The Bertz CT molecular complexity index is 989. The van der Waals surface area contributed by atoms with E-state index in [0.29, 0.717) is 18.8 Å². The van der Waals surface area contributed by atoms with Crippen LogP contribution < -0.4 is 0 Å². The number of carbonyl (C=O) groups is 2. The van der Waals surface area contributed by atoms with Gasteiger partial charge in [0.2, 0.25) is 0 Å². The van der Waals surface area contributed by atoms with Gasteiger partial charge in [-0.05, 0) is 67.6 Å². The number of esters is 2. The highest BCUT2D eigenvalue weighted by molar-refractivity contribution is 9.10. The van der Waals surface area contributed by atoms with Crippen LogP contribution in [0.1, 0.15) is 59.7 Å². The van der Waals surface area contributed by atoms with E-state index in [9.17, 15) is 9.59 Å². The Morgan fingerprint density at radius 3 is 1.89 bits per heavy atom. The number of carbonyl (C=O) groups excluding carboxylic acids is 2. The zero-order valence-corrected chi connectivity index (χ0v) is 17.5. The van der Waals surface area contributed by atoms with E-state index in [2.05, 4.69) is 22.5 Å². The molecule has 0 N–H and O–H groups in total. The Morgan fingerprint density at radius 2 is 1.37 bits per heavy atom. The molecule has 2 aliphatic heterocycles. The molecule has 2 heterocycles. The summed E-state index contributed by atoms with van der Waals surface area (Å²) in [5, 5.41) is 0. The lowest BCUT2D eigenvalue weighted by Gasteiger charge is -2.08. The lowest BCUT2D eigenvalue weighted by molar-refractivity contribution is 0.0526. The van der Waals surface area contributed by atoms with Gasteiger partial charge in [0.1, 0.15) is 13.2 Å². The Labute approximate surface area is 167 Å². The van der Waals surface area contributed by atoms with Gasteiger partial charge in [0.05, 0.1) is 11.1 Å². The van der Waals surface area contributed by atoms with Crippen molar-refractivity contribution in [3.63, 3.8) is 0 Å². The van der Waals surface area contributed by atoms with Crippen LogP contribution >= 0.6 is 15.9 Å². The summed E-state index contributed by atoms with van der Waals surface area (Å²) in [6.07, 6.45) is 1.83. The highest BCUT2D eigenvalue weighted by Crippen LogP contribution is 2.31. The molecule has 0 unspecified atom stereocenters. The highest BCUT2D eigenvalue weighted by Gasteiger charge is 2.25. The molecule has 0 saturated carbocycles. The van der Waals surface area contributed by atoms with Crippen molar-refractivity contribution < 1.29 is 19.1 Å². The fourth-order valence-electron chi connectivity index (χ4n) is 3.52. The Kier molecular flexibility index (Phi) is 5.24. The standard InChI is InChI=1S/C12H12O2.C10H9BrO2/c1-4-9-7(2)5-10-11(8(9)3)6-14-12(10)13;1-5-3-7-8(4-13-10(7)12)6(2)9(5)11/h4-5H,1,6H2,2-3H3;3H,4H2,1-2H3. The molecular weight excluding hydrogens is 408 g/mol. The van der Waals surface area contributed by atoms with Gasteiger partial charge < -0.3 is 9.47 Å². The van der Waals surface area contributed by atoms with Gasteiger partial charge in [-0.1, -0.05) is 28.6 Å². The SMILES string of the molecule is C=Cc1c(C)cc2c(c1C)COC2=O.Cc1cc2c(c(C)c1Br)COC2=O. The number of rotatable bonds is 1. The molecule has 0 fully saturated rings. The summed E-state index contributed by atoms with van der Waals surface area (Å²) in [6.45, 7) is 12.6. The van der Waals surface area contributed by atoms with E-state index in [0.717, 1.165) is 49.0 Å². The van der Waals surface area contributed by atoms with Crippen LogP contribution in [0.5, 0.6) is 0 Å². The van der Waals surface area contributed by atoms with Crippen LogP contribution in [0.2, 0.25) is 0 Å². The first-order valence-electron chi connectivity index (χ1n) is 8.64. The maximum atomic E-state index is 11.3. The van der Waals surface area contributed by atoms with Gasteiger partial charge in [-0.15, -0.1) is 0 Å². The monoisotopic (exact) mass is 428 g/mol. The second kappa shape index (κ2) is 7.31. The predicted molar refractivity (Wildman–Crippen MR) is 108 cm³/mol. The summed E-state index contributed by atoms with van der Waals surface area (Å²) >= 11 is 3.49. The molecule has 140 valence electrons. The van der Waals surface area contributed by atoms with E-state index in [4.69, 9.17) is 9.47 Å². The summed E-state index contributed by atoms with van der Waals surface area (Å²) in [5.41, 5.74) is 8.95. The number of ether oxygens (including phenoxy) is 2. The van der Waals surface area contributed by atoms with Crippen molar-refractivity contribution in [3.05, 3.63) is 73.3 Å². The average Bonchev–Trinajstić information content (AvgIpc) is 3.18. The predicted octanol–water partition coefficient (Wildman–Crippen LogP) is 5.35. The van der Waals surface area contributed by atoms with Crippen molar-refractivity contribution in [1.82, 2.24) is 0 Å². The fraction of sp³-hybridized carbons (Fsp3) is 0.273. The van der Waals surface area contributed by atoms with Crippen LogP contribution in [-0.4, -0.2) is 11.9 Å².